The zero-order chi connectivity index (χ0) is 19.9. The van der Waals surface area contributed by atoms with Gasteiger partial charge in [-0.05, 0) is 62.1 Å². The maximum absolute atomic E-state index is 14.3. The van der Waals surface area contributed by atoms with E-state index in [1.165, 1.54) is 57.9 Å². The first-order valence-corrected chi connectivity index (χ1v) is 11.0. The largest absolute Gasteiger partial charge is 0.369 e. The third kappa shape index (κ3) is 6.05. The molecule has 27 heavy (non-hydrogen) atoms. The van der Waals surface area contributed by atoms with Crippen LogP contribution in [0, 0.1) is 17.2 Å². The van der Waals surface area contributed by atoms with Gasteiger partial charge in [0, 0.05) is 18.7 Å². The van der Waals surface area contributed by atoms with Gasteiger partial charge in [0.15, 0.2) is 5.78 Å². The molecular formula is C24H38FNO. The summed E-state index contributed by atoms with van der Waals surface area (Å²) in [4.78, 5) is 13.5. The van der Waals surface area contributed by atoms with Crippen molar-refractivity contribution in [3.63, 3.8) is 0 Å². The number of benzene rings is 1. The van der Waals surface area contributed by atoms with E-state index >= 15 is 0 Å². The van der Waals surface area contributed by atoms with Crippen molar-refractivity contribution in [1.29, 1.82) is 0 Å². The first kappa shape index (κ1) is 21.9. The van der Waals surface area contributed by atoms with Gasteiger partial charge < -0.3 is 4.90 Å². The number of carbonyl (C=O) groups excluding carboxylic acids is 1. The van der Waals surface area contributed by atoms with Gasteiger partial charge in [-0.2, -0.15) is 0 Å². The number of carbonyl (C=O) groups is 1. The Morgan fingerprint density at radius 1 is 1.15 bits per heavy atom. The maximum atomic E-state index is 14.3. The Balaban J connectivity index is 0.000000451. The van der Waals surface area contributed by atoms with Gasteiger partial charge in [0.05, 0.1) is 5.69 Å². The number of Topliss-reactive ketones (excluding diaryl/α,β-unsaturated/α-hetero) is 1. The van der Waals surface area contributed by atoms with Gasteiger partial charge in [0.2, 0.25) is 0 Å². The lowest BCUT2D eigenvalue weighted by atomic mass is 9.72. The van der Waals surface area contributed by atoms with Gasteiger partial charge in [-0.1, -0.05) is 52.9 Å². The van der Waals surface area contributed by atoms with Crippen LogP contribution in [0.5, 0.6) is 0 Å². The van der Waals surface area contributed by atoms with Crippen molar-refractivity contribution < 1.29 is 9.18 Å². The van der Waals surface area contributed by atoms with Crippen molar-refractivity contribution in [2.24, 2.45) is 11.3 Å². The van der Waals surface area contributed by atoms with Crippen molar-refractivity contribution in [1.82, 2.24) is 0 Å². The van der Waals surface area contributed by atoms with Crippen LogP contribution in [-0.4, -0.2) is 18.9 Å². The van der Waals surface area contributed by atoms with E-state index in [2.05, 4.69) is 25.7 Å². The van der Waals surface area contributed by atoms with E-state index in [4.69, 9.17) is 0 Å². The first-order valence-electron chi connectivity index (χ1n) is 11.0. The molecule has 0 spiro atoms. The highest BCUT2D eigenvalue weighted by molar-refractivity contribution is 5.94. The van der Waals surface area contributed by atoms with Gasteiger partial charge >= 0.3 is 0 Å². The average molecular weight is 376 g/mol. The molecule has 0 radical (unpaired) electrons. The van der Waals surface area contributed by atoms with Gasteiger partial charge in [0.1, 0.15) is 5.82 Å². The molecule has 0 aromatic heterocycles. The van der Waals surface area contributed by atoms with Crippen molar-refractivity contribution in [2.75, 3.05) is 18.0 Å². The molecule has 0 N–H and O–H groups in total. The third-order valence-corrected chi connectivity index (χ3v) is 6.47. The van der Waals surface area contributed by atoms with Gasteiger partial charge in [0.25, 0.3) is 0 Å². The molecule has 1 aromatic carbocycles. The summed E-state index contributed by atoms with van der Waals surface area (Å²) in [6.07, 6.45) is 11.7. The maximum Gasteiger partial charge on any atom is 0.159 e. The molecule has 1 heterocycles. The highest BCUT2D eigenvalue weighted by Gasteiger charge is 2.33. The highest BCUT2D eigenvalue weighted by Crippen LogP contribution is 2.41. The normalized spacial score (nSPS) is 19.1. The molecule has 2 nitrogen and oxygen atoms in total. The number of ketones is 1. The summed E-state index contributed by atoms with van der Waals surface area (Å²) in [5, 5.41) is 0. The molecule has 0 unspecified atom stereocenters. The fraction of sp³-hybridized carbons (Fsp3) is 0.708. The van der Waals surface area contributed by atoms with Crippen LogP contribution in [0.1, 0.15) is 95.8 Å². The molecule has 1 aliphatic heterocycles. The summed E-state index contributed by atoms with van der Waals surface area (Å²) in [6.45, 7) is 10.1. The monoisotopic (exact) mass is 375 g/mol. The number of piperidine rings is 1. The second kappa shape index (κ2) is 10.2. The number of hydrogen-bond donors (Lipinski definition) is 0. The van der Waals surface area contributed by atoms with Crippen LogP contribution in [0.2, 0.25) is 0 Å². The first-order chi connectivity index (χ1) is 12.9. The Morgan fingerprint density at radius 3 is 2.07 bits per heavy atom. The Hall–Kier alpha value is -1.38. The van der Waals surface area contributed by atoms with Crippen LogP contribution in [0.3, 0.4) is 0 Å². The molecule has 1 saturated heterocycles. The Labute approximate surface area is 165 Å². The summed E-state index contributed by atoms with van der Waals surface area (Å²) < 4.78 is 14.3. The molecule has 3 rings (SSSR count). The predicted molar refractivity (Wildman–Crippen MR) is 113 cm³/mol. The molecule has 0 atom stereocenters. The third-order valence-electron chi connectivity index (χ3n) is 6.47. The zero-order valence-corrected chi connectivity index (χ0v) is 17.8. The molecule has 2 fully saturated rings. The summed E-state index contributed by atoms with van der Waals surface area (Å²) in [7, 11) is 0. The van der Waals surface area contributed by atoms with Crippen molar-refractivity contribution in [3.05, 3.63) is 29.6 Å². The lowest BCUT2D eigenvalue weighted by Gasteiger charge is -2.43. The van der Waals surface area contributed by atoms with Gasteiger partial charge in [-0.25, -0.2) is 4.39 Å². The molecule has 1 aliphatic carbocycles. The van der Waals surface area contributed by atoms with E-state index in [-0.39, 0.29) is 11.6 Å². The zero-order valence-electron chi connectivity index (χ0n) is 17.8. The van der Waals surface area contributed by atoms with Crippen molar-refractivity contribution in [2.45, 2.75) is 85.5 Å². The minimum atomic E-state index is -0.272. The predicted octanol–water partition coefficient (Wildman–Crippen LogP) is 7.02. The van der Waals surface area contributed by atoms with E-state index in [0.717, 1.165) is 31.8 Å². The molecule has 2 aliphatic rings. The number of anilines is 1. The van der Waals surface area contributed by atoms with E-state index in [9.17, 15) is 9.18 Å². The Kier molecular flexibility index (Phi) is 8.31. The molecule has 1 saturated carbocycles. The number of halogens is 1. The summed E-state index contributed by atoms with van der Waals surface area (Å²) in [5.41, 5.74) is 1.55. The quantitative estimate of drug-likeness (QED) is 0.498. The number of nitrogens with zero attached hydrogens (tertiary/aromatic N) is 1. The van der Waals surface area contributed by atoms with Crippen LogP contribution in [0.25, 0.3) is 0 Å². The average Bonchev–Trinajstić information content (AvgIpc) is 2.62. The van der Waals surface area contributed by atoms with Crippen LogP contribution < -0.4 is 4.90 Å². The van der Waals surface area contributed by atoms with E-state index in [0.29, 0.717) is 16.7 Å². The highest BCUT2D eigenvalue weighted by atomic mass is 19.1. The lowest BCUT2D eigenvalue weighted by Crippen LogP contribution is -2.40. The molecule has 3 heteroatoms. The fourth-order valence-electron chi connectivity index (χ4n) is 4.50. The molecule has 0 amide bonds. The van der Waals surface area contributed by atoms with Crippen LogP contribution in [0.4, 0.5) is 10.1 Å². The summed E-state index contributed by atoms with van der Waals surface area (Å²) in [5.74, 6) is 0.704. The topological polar surface area (TPSA) is 20.3 Å². The minimum absolute atomic E-state index is 0.0889. The lowest BCUT2D eigenvalue weighted by molar-refractivity contribution is 0.101. The molecule has 152 valence electrons. The number of rotatable bonds is 6. The second-order valence-electron chi connectivity index (χ2n) is 8.75. The van der Waals surface area contributed by atoms with Crippen LogP contribution in [0.15, 0.2) is 18.2 Å². The second-order valence-corrected chi connectivity index (χ2v) is 8.75. The van der Waals surface area contributed by atoms with E-state index < -0.39 is 0 Å². The standard InChI is InChI=1S/C19H28FNO.C5H10/c1-4-8-19(9-5-2)10-12-21(13-11-19)18-7-6-16(15(3)22)14-17(18)20;1-5-3-2-4-5/h6-7,14H,4-5,8-13H2,1-3H3;5H,2-4H2,1H3. The van der Waals surface area contributed by atoms with E-state index in [1.807, 2.05) is 0 Å². The Morgan fingerprint density at radius 2 is 1.70 bits per heavy atom. The summed E-state index contributed by atoms with van der Waals surface area (Å²) >= 11 is 0. The molecule has 0 bridgehead atoms. The van der Waals surface area contributed by atoms with Crippen molar-refractivity contribution >= 4 is 11.5 Å². The van der Waals surface area contributed by atoms with Crippen LogP contribution >= 0.6 is 0 Å². The van der Waals surface area contributed by atoms with Crippen LogP contribution in [-0.2, 0) is 0 Å². The molecule has 1 aromatic rings. The fourth-order valence-corrected chi connectivity index (χ4v) is 4.50. The number of hydrogen-bond acceptors (Lipinski definition) is 2. The van der Waals surface area contributed by atoms with E-state index in [1.54, 1.807) is 12.1 Å². The summed E-state index contributed by atoms with van der Waals surface area (Å²) in [6, 6.07) is 4.87. The van der Waals surface area contributed by atoms with Gasteiger partial charge in [-0.15, -0.1) is 0 Å². The Bertz CT molecular complexity index is 592. The van der Waals surface area contributed by atoms with Crippen molar-refractivity contribution in [3.8, 4) is 0 Å². The molecular weight excluding hydrogens is 337 g/mol. The minimum Gasteiger partial charge on any atom is -0.369 e. The van der Waals surface area contributed by atoms with Gasteiger partial charge in [-0.3, -0.25) is 4.79 Å². The SMILES string of the molecule is CC1CCC1.CCCC1(CCC)CCN(c2ccc(C(C)=O)cc2F)CC1. The smallest absolute Gasteiger partial charge is 0.159 e.